The number of rotatable bonds is 5. The third-order valence-corrected chi connectivity index (χ3v) is 3.79. The molecule has 6 heteroatoms. The summed E-state index contributed by atoms with van der Waals surface area (Å²) in [6.07, 6.45) is 5.11. The molecule has 1 heterocycles. The molecule has 0 spiro atoms. The minimum atomic E-state index is -0.831. The number of likely N-dealkylation sites (tertiary alicyclic amines) is 1. The van der Waals surface area contributed by atoms with Crippen LogP contribution < -0.4 is 5.32 Å². The molecule has 2 atom stereocenters. The summed E-state index contributed by atoms with van der Waals surface area (Å²) in [6.45, 7) is 3.20. The van der Waals surface area contributed by atoms with Crippen LogP contribution >= 0.6 is 11.8 Å². The lowest BCUT2D eigenvalue weighted by Crippen LogP contribution is -2.40. The molecule has 2 unspecified atom stereocenters. The zero-order chi connectivity index (χ0) is 13.5. The van der Waals surface area contributed by atoms with Gasteiger partial charge in [0, 0.05) is 25.4 Å². The Bertz CT molecular complexity index is 354. The largest absolute Gasteiger partial charge is 0.481 e. The first-order valence-corrected chi connectivity index (χ1v) is 6.98. The number of aliphatic carboxylic acids is 1. The van der Waals surface area contributed by atoms with Gasteiger partial charge in [-0.1, -0.05) is 12.8 Å². The summed E-state index contributed by atoms with van der Waals surface area (Å²) < 4.78 is 0. The van der Waals surface area contributed by atoms with Crippen molar-refractivity contribution >= 4 is 23.8 Å². The lowest BCUT2D eigenvalue weighted by atomic mass is 9.99. The van der Waals surface area contributed by atoms with Crippen LogP contribution in [0.5, 0.6) is 0 Å². The predicted octanol–water partition coefficient (Wildman–Crippen LogP) is 0.715. The van der Waals surface area contributed by atoms with Crippen molar-refractivity contribution in [1.82, 2.24) is 10.2 Å². The molecule has 0 radical (unpaired) electrons. The maximum absolute atomic E-state index is 11.8. The molecule has 2 amide bonds. The van der Waals surface area contributed by atoms with Crippen molar-refractivity contribution in [2.24, 2.45) is 11.8 Å². The van der Waals surface area contributed by atoms with Gasteiger partial charge in [0.1, 0.15) is 0 Å². The number of carbonyl (C=O) groups excluding carboxylic acids is 1. The number of nitrogens with one attached hydrogen (secondary N) is 1. The summed E-state index contributed by atoms with van der Waals surface area (Å²) in [6, 6.07) is -0.188. The summed E-state index contributed by atoms with van der Waals surface area (Å²) in [5, 5.41) is 11.7. The Labute approximate surface area is 111 Å². The van der Waals surface area contributed by atoms with Gasteiger partial charge in [-0.25, -0.2) is 4.79 Å². The zero-order valence-electron chi connectivity index (χ0n) is 10.4. The van der Waals surface area contributed by atoms with Crippen LogP contribution in [0.2, 0.25) is 0 Å². The van der Waals surface area contributed by atoms with Crippen LogP contribution in [0.1, 0.15) is 6.92 Å². The van der Waals surface area contributed by atoms with Crippen molar-refractivity contribution in [2.75, 3.05) is 31.1 Å². The van der Waals surface area contributed by atoms with Crippen LogP contribution in [0.25, 0.3) is 0 Å². The molecule has 0 aliphatic carbocycles. The van der Waals surface area contributed by atoms with E-state index in [-0.39, 0.29) is 11.9 Å². The van der Waals surface area contributed by atoms with E-state index in [2.05, 4.69) is 11.2 Å². The highest BCUT2D eigenvalue weighted by molar-refractivity contribution is 7.99. The summed E-state index contributed by atoms with van der Waals surface area (Å²) >= 11 is 1.58. The van der Waals surface area contributed by atoms with E-state index >= 15 is 0 Å². The lowest BCUT2D eigenvalue weighted by Gasteiger charge is -2.16. The van der Waals surface area contributed by atoms with Crippen LogP contribution in [-0.2, 0) is 4.79 Å². The van der Waals surface area contributed by atoms with Gasteiger partial charge in [0.25, 0.3) is 0 Å². The number of nitrogens with zero attached hydrogens (tertiary/aromatic N) is 1. The summed E-state index contributed by atoms with van der Waals surface area (Å²) in [5.74, 6) is 2.63. The summed E-state index contributed by atoms with van der Waals surface area (Å²) in [7, 11) is 0. The molecule has 2 N–H and O–H groups in total. The third kappa shape index (κ3) is 4.15. The van der Waals surface area contributed by atoms with Crippen molar-refractivity contribution in [2.45, 2.75) is 6.92 Å². The molecule has 1 rings (SSSR count). The maximum atomic E-state index is 11.8. The van der Waals surface area contributed by atoms with Crippen molar-refractivity contribution in [3.63, 3.8) is 0 Å². The fourth-order valence-electron chi connectivity index (χ4n) is 1.93. The van der Waals surface area contributed by atoms with Gasteiger partial charge in [0.15, 0.2) is 0 Å². The monoisotopic (exact) mass is 270 g/mol. The second kappa shape index (κ2) is 7.17. The van der Waals surface area contributed by atoms with E-state index in [0.717, 1.165) is 5.75 Å². The van der Waals surface area contributed by atoms with E-state index < -0.39 is 11.9 Å². The van der Waals surface area contributed by atoms with E-state index in [1.54, 1.807) is 16.7 Å². The molecule has 100 valence electrons. The van der Waals surface area contributed by atoms with Gasteiger partial charge in [-0.05, 0) is 5.92 Å². The molecular formula is C12H18N2O3S. The number of terminal acetylenes is 1. The molecule has 1 aliphatic rings. The van der Waals surface area contributed by atoms with Gasteiger partial charge in [-0.15, -0.1) is 18.2 Å². The quantitative estimate of drug-likeness (QED) is 0.570. The standard InChI is InChI=1S/C12H18N2O3S/c1-3-5-18-6-4-13-12(17)14-7-9(2)10(8-14)11(15)16/h1,9-10H,4-8H2,2H3,(H,13,17)(H,15,16). The molecule has 0 aromatic carbocycles. The predicted molar refractivity (Wildman–Crippen MR) is 71.4 cm³/mol. The van der Waals surface area contributed by atoms with E-state index in [4.69, 9.17) is 11.5 Å². The van der Waals surface area contributed by atoms with Crippen molar-refractivity contribution in [3.05, 3.63) is 0 Å². The SMILES string of the molecule is C#CCSCCNC(=O)N1CC(C)C(C(=O)O)C1. The molecule has 0 aromatic heterocycles. The first-order chi connectivity index (χ1) is 8.56. The fourth-order valence-corrected chi connectivity index (χ4v) is 2.44. The average molecular weight is 270 g/mol. The molecule has 5 nitrogen and oxygen atoms in total. The first kappa shape index (κ1) is 14.7. The van der Waals surface area contributed by atoms with Gasteiger partial charge in [0.2, 0.25) is 0 Å². The Kier molecular flexibility index (Phi) is 5.86. The number of hydrogen-bond acceptors (Lipinski definition) is 3. The van der Waals surface area contributed by atoms with E-state index in [9.17, 15) is 9.59 Å². The Hall–Kier alpha value is -1.35. The van der Waals surface area contributed by atoms with Crippen molar-refractivity contribution in [3.8, 4) is 12.3 Å². The minimum absolute atomic E-state index is 0.00376. The number of carbonyl (C=O) groups is 2. The molecule has 1 fully saturated rings. The molecule has 1 saturated heterocycles. The van der Waals surface area contributed by atoms with Crippen LogP contribution in [0.15, 0.2) is 0 Å². The Morgan fingerprint density at radius 3 is 2.83 bits per heavy atom. The van der Waals surface area contributed by atoms with Gasteiger partial charge in [-0.2, -0.15) is 0 Å². The smallest absolute Gasteiger partial charge is 0.317 e. The normalized spacial score (nSPS) is 22.6. The molecule has 18 heavy (non-hydrogen) atoms. The van der Waals surface area contributed by atoms with Gasteiger partial charge < -0.3 is 15.3 Å². The Morgan fingerprint density at radius 2 is 2.28 bits per heavy atom. The summed E-state index contributed by atoms with van der Waals surface area (Å²) in [5.41, 5.74) is 0. The number of carboxylic acid groups (broad SMARTS) is 1. The number of thioether (sulfide) groups is 1. The highest BCUT2D eigenvalue weighted by atomic mass is 32.2. The van der Waals surface area contributed by atoms with E-state index in [1.807, 2.05) is 6.92 Å². The molecule has 0 saturated carbocycles. The Morgan fingerprint density at radius 1 is 1.56 bits per heavy atom. The third-order valence-electron chi connectivity index (χ3n) is 2.92. The van der Waals surface area contributed by atoms with Crippen LogP contribution in [-0.4, -0.2) is 53.1 Å². The van der Waals surface area contributed by atoms with E-state index in [0.29, 0.717) is 25.4 Å². The van der Waals surface area contributed by atoms with Gasteiger partial charge in [-0.3, -0.25) is 4.79 Å². The van der Waals surface area contributed by atoms with Crippen molar-refractivity contribution < 1.29 is 14.7 Å². The molecule has 1 aliphatic heterocycles. The lowest BCUT2D eigenvalue weighted by molar-refractivity contribution is -0.142. The highest BCUT2D eigenvalue weighted by Gasteiger charge is 2.36. The van der Waals surface area contributed by atoms with Gasteiger partial charge in [0.05, 0.1) is 11.7 Å². The first-order valence-electron chi connectivity index (χ1n) is 5.83. The second-order valence-electron chi connectivity index (χ2n) is 4.32. The number of urea groups is 1. The maximum Gasteiger partial charge on any atom is 0.317 e. The molecule has 0 bridgehead atoms. The highest BCUT2D eigenvalue weighted by Crippen LogP contribution is 2.22. The molecule has 0 aromatic rings. The molecular weight excluding hydrogens is 252 g/mol. The Balaban J connectivity index is 2.27. The number of carboxylic acids is 1. The number of hydrogen-bond donors (Lipinski definition) is 2. The summed E-state index contributed by atoms with van der Waals surface area (Å²) in [4.78, 5) is 24.3. The zero-order valence-corrected chi connectivity index (χ0v) is 11.2. The fraction of sp³-hybridized carbons (Fsp3) is 0.667. The van der Waals surface area contributed by atoms with E-state index in [1.165, 1.54) is 0 Å². The van der Waals surface area contributed by atoms with Crippen LogP contribution in [0.4, 0.5) is 4.79 Å². The minimum Gasteiger partial charge on any atom is -0.481 e. The average Bonchev–Trinajstić information content (AvgIpc) is 2.71. The number of amides is 2. The van der Waals surface area contributed by atoms with Crippen LogP contribution in [0.3, 0.4) is 0 Å². The van der Waals surface area contributed by atoms with Gasteiger partial charge >= 0.3 is 12.0 Å². The topological polar surface area (TPSA) is 69.6 Å². The second-order valence-corrected chi connectivity index (χ2v) is 5.42. The van der Waals surface area contributed by atoms with Crippen LogP contribution in [0, 0.1) is 24.2 Å². The van der Waals surface area contributed by atoms with Crippen molar-refractivity contribution in [1.29, 1.82) is 0 Å².